The van der Waals surface area contributed by atoms with Crippen molar-refractivity contribution in [1.82, 2.24) is 4.98 Å². The van der Waals surface area contributed by atoms with Crippen molar-refractivity contribution in [3.8, 4) is 5.75 Å². The van der Waals surface area contributed by atoms with Gasteiger partial charge in [-0.2, -0.15) is 13.2 Å². The molecule has 0 spiro atoms. The van der Waals surface area contributed by atoms with E-state index in [-0.39, 0.29) is 18.1 Å². The number of halogens is 4. The van der Waals surface area contributed by atoms with Gasteiger partial charge in [0.15, 0.2) is 18.2 Å². The van der Waals surface area contributed by atoms with E-state index in [1.165, 1.54) is 12.1 Å². The summed E-state index contributed by atoms with van der Waals surface area (Å²) in [5.74, 6) is -0.649. The van der Waals surface area contributed by atoms with Crippen molar-refractivity contribution in [2.24, 2.45) is 0 Å². The van der Waals surface area contributed by atoms with Gasteiger partial charge in [-0.05, 0) is 46.3 Å². The minimum absolute atomic E-state index is 0.0204. The average molecular weight is 430 g/mol. The summed E-state index contributed by atoms with van der Waals surface area (Å²) in [5.41, 5.74) is -0.901. The highest BCUT2D eigenvalue weighted by Crippen LogP contribution is 2.32. The lowest BCUT2D eigenvalue weighted by Gasteiger charge is -2.27. The molecule has 1 N–H and O–H groups in total. The third-order valence-electron chi connectivity index (χ3n) is 3.49. The number of ether oxygens (including phenoxy) is 1. The molecule has 0 aliphatic carbocycles. The Morgan fingerprint density at radius 3 is 2.81 bits per heavy atom. The summed E-state index contributed by atoms with van der Waals surface area (Å²) in [5, 5.41) is 2.35. The van der Waals surface area contributed by atoms with E-state index in [2.05, 4.69) is 26.2 Å². The lowest BCUT2D eigenvalue weighted by atomic mass is 10.2. The van der Waals surface area contributed by atoms with Crippen molar-refractivity contribution in [3.05, 3.63) is 46.6 Å². The van der Waals surface area contributed by atoms with Gasteiger partial charge in [0.25, 0.3) is 5.91 Å². The molecule has 0 fully saturated rings. The molecule has 0 unspecified atom stereocenters. The van der Waals surface area contributed by atoms with Crippen molar-refractivity contribution in [2.75, 3.05) is 23.4 Å². The monoisotopic (exact) mass is 429 g/mol. The lowest BCUT2D eigenvalue weighted by molar-refractivity contribution is -0.137. The molecule has 3 rings (SSSR count). The fourth-order valence-electron chi connectivity index (χ4n) is 2.33. The van der Waals surface area contributed by atoms with Gasteiger partial charge in [0.2, 0.25) is 5.91 Å². The van der Waals surface area contributed by atoms with Crippen LogP contribution >= 0.6 is 15.9 Å². The summed E-state index contributed by atoms with van der Waals surface area (Å²) in [6.07, 6.45) is -4.52. The Kier molecular flexibility index (Phi) is 4.86. The predicted octanol–water partition coefficient (Wildman–Crippen LogP) is 3.23. The summed E-state index contributed by atoms with van der Waals surface area (Å²) in [4.78, 5) is 29.5. The molecule has 0 radical (unpaired) electrons. The largest absolute Gasteiger partial charge is 0.480 e. The van der Waals surface area contributed by atoms with Crippen molar-refractivity contribution < 1.29 is 27.5 Å². The molecule has 10 heteroatoms. The molecule has 2 heterocycles. The number of rotatable bonds is 3. The van der Waals surface area contributed by atoms with Crippen molar-refractivity contribution in [1.29, 1.82) is 0 Å². The van der Waals surface area contributed by atoms with Crippen LogP contribution in [-0.2, 0) is 15.8 Å². The quantitative estimate of drug-likeness (QED) is 0.760. The topological polar surface area (TPSA) is 71.5 Å². The van der Waals surface area contributed by atoms with Crippen LogP contribution < -0.4 is 15.0 Å². The van der Waals surface area contributed by atoms with E-state index < -0.39 is 30.1 Å². The standard InChI is InChI=1S/C16H11BrF3N3O3/c17-12-5-4-11-15(22-12)23(14(25)8-26-11)7-13(24)21-10-3-1-2-9(6-10)16(18,19)20/h1-6H,7-8H2,(H,21,24). The first-order valence-electron chi connectivity index (χ1n) is 7.31. The first-order chi connectivity index (χ1) is 12.2. The summed E-state index contributed by atoms with van der Waals surface area (Å²) in [6.45, 7) is -0.665. The van der Waals surface area contributed by atoms with Crippen molar-refractivity contribution in [2.45, 2.75) is 6.18 Å². The molecule has 136 valence electrons. The molecule has 0 bridgehead atoms. The molecule has 6 nitrogen and oxygen atoms in total. The van der Waals surface area contributed by atoms with Gasteiger partial charge in [0, 0.05) is 5.69 Å². The van der Waals surface area contributed by atoms with Crippen molar-refractivity contribution >= 4 is 39.2 Å². The Morgan fingerprint density at radius 1 is 1.31 bits per heavy atom. The van der Waals surface area contributed by atoms with Gasteiger partial charge in [-0.1, -0.05) is 6.07 Å². The lowest BCUT2D eigenvalue weighted by Crippen LogP contribution is -2.44. The number of nitrogens with one attached hydrogen (secondary N) is 1. The number of carbonyl (C=O) groups is 2. The highest BCUT2D eigenvalue weighted by molar-refractivity contribution is 9.10. The van der Waals surface area contributed by atoms with Crippen LogP contribution in [0.5, 0.6) is 5.75 Å². The summed E-state index contributed by atoms with van der Waals surface area (Å²) in [7, 11) is 0. The zero-order valence-electron chi connectivity index (χ0n) is 13.0. The first-order valence-corrected chi connectivity index (χ1v) is 8.10. The van der Waals surface area contributed by atoms with Gasteiger partial charge < -0.3 is 10.1 Å². The Labute approximate surface area is 154 Å². The Morgan fingerprint density at radius 2 is 2.08 bits per heavy atom. The van der Waals surface area contributed by atoms with E-state index in [9.17, 15) is 22.8 Å². The van der Waals surface area contributed by atoms with Gasteiger partial charge in [0.1, 0.15) is 11.1 Å². The summed E-state index contributed by atoms with van der Waals surface area (Å²) < 4.78 is 43.9. The second-order valence-electron chi connectivity index (χ2n) is 5.35. The fourth-order valence-corrected chi connectivity index (χ4v) is 2.63. The molecule has 26 heavy (non-hydrogen) atoms. The first kappa shape index (κ1) is 18.2. The number of anilines is 2. The molecule has 0 saturated carbocycles. The molecule has 0 saturated heterocycles. The highest BCUT2D eigenvalue weighted by Gasteiger charge is 2.31. The minimum atomic E-state index is -4.52. The Balaban J connectivity index is 1.77. The average Bonchev–Trinajstić information content (AvgIpc) is 2.57. The molecule has 2 aromatic rings. The number of pyridine rings is 1. The number of fused-ring (bicyclic) bond motifs is 1. The molecule has 1 aromatic carbocycles. The van der Waals surface area contributed by atoms with Gasteiger partial charge in [-0.25, -0.2) is 4.98 Å². The van der Waals surface area contributed by atoms with E-state index in [1.807, 2.05) is 0 Å². The van der Waals surface area contributed by atoms with Gasteiger partial charge in [-0.15, -0.1) is 0 Å². The van der Waals surface area contributed by atoms with Crippen LogP contribution in [0.3, 0.4) is 0 Å². The van der Waals surface area contributed by atoms with Crippen LogP contribution in [0.15, 0.2) is 41.0 Å². The maximum absolute atomic E-state index is 12.7. The fraction of sp³-hybridized carbons (Fsp3) is 0.188. The van der Waals surface area contributed by atoms with Crippen LogP contribution in [0, 0.1) is 0 Å². The maximum atomic E-state index is 12.7. The zero-order valence-corrected chi connectivity index (χ0v) is 14.6. The second-order valence-corrected chi connectivity index (χ2v) is 6.16. The number of amides is 2. The third kappa shape index (κ3) is 3.96. The second kappa shape index (κ2) is 6.94. The van der Waals surface area contributed by atoms with Crippen LogP contribution in [0.4, 0.5) is 24.7 Å². The number of aromatic nitrogens is 1. The molecule has 1 aliphatic rings. The smallest absolute Gasteiger partial charge is 0.416 e. The number of hydrogen-bond donors (Lipinski definition) is 1. The van der Waals surface area contributed by atoms with Crippen LogP contribution in [-0.4, -0.2) is 29.9 Å². The SMILES string of the molecule is O=C(CN1C(=O)COc2ccc(Br)nc21)Nc1cccc(C(F)(F)F)c1. The Hall–Kier alpha value is -2.62. The number of alkyl halides is 3. The Bertz CT molecular complexity index is 873. The third-order valence-corrected chi connectivity index (χ3v) is 3.93. The minimum Gasteiger partial charge on any atom is -0.480 e. The number of carbonyl (C=O) groups excluding carboxylic acids is 2. The van der Waals surface area contributed by atoms with Gasteiger partial charge in [0.05, 0.1) is 5.56 Å². The molecule has 1 aromatic heterocycles. The predicted molar refractivity (Wildman–Crippen MR) is 89.9 cm³/mol. The van der Waals surface area contributed by atoms with Crippen LogP contribution in [0.1, 0.15) is 5.56 Å². The molecule has 0 atom stereocenters. The van der Waals surface area contributed by atoms with E-state index in [4.69, 9.17) is 4.74 Å². The molecular formula is C16H11BrF3N3O3. The zero-order chi connectivity index (χ0) is 18.9. The van der Waals surface area contributed by atoms with Crippen molar-refractivity contribution in [3.63, 3.8) is 0 Å². The highest BCUT2D eigenvalue weighted by atomic mass is 79.9. The van der Waals surface area contributed by atoms with E-state index >= 15 is 0 Å². The number of nitrogens with zero attached hydrogens (tertiary/aromatic N) is 2. The van der Waals surface area contributed by atoms with Crippen LogP contribution in [0.2, 0.25) is 0 Å². The van der Waals surface area contributed by atoms with Gasteiger partial charge in [-0.3, -0.25) is 14.5 Å². The summed E-state index contributed by atoms with van der Waals surface area (Å²) >= 11 is 3.17. The van der Waals surface area contributed by atoms with E-state index in [0.717, 1.165) is 17.0 Å². The number of benzene rings is 1. The maximum Gasteiger partial charge on any atom is 0.416 e. The summed E-state index contributed by atoms with van der Waals surface area (Å²) in [6, 6.07) is 7.45. The molecule has 2 amide bonds. The molecule has 1 aliphatic heterocycles. The van der Waals surface area contributed by atoms with Gasteiger partial charge >= 0.3 is 6.18 Å². The molecular weight excluding hydrogens is 419 g/mol. The normalized spacial score (nSPS) is 13.8. The number of hydrogen-bond acceptors (Lipinski definition) is 4. The van der Waals surface area contributed by atoms with E-state index in [0.29, 0.717) is 10.4 Å². The van der Waals surface area contributed by atoms with Crippen LogP contribution in [0.25, 0.3) is 0 Å². The van der Waals surface area contributed by atoms with E-state index in [1.54, 1.807) is 12.1 Å².